The molecule has 38 heavy (non-hydrogen) atoms. The van der Waals surface area contributed by atoms with E-state index >= 15 is 4.39 Å². The van der Waals surface area contributed by atoms with Crippen molar-refractivity contribution in [2.45, 2.75) is 25.3 Å². The number of aliphatic hydroxyl groups excluding tert-OH is 1. The second-order valence-electron chi connectivity index (χ2n) is 9.63. The van der Waals surface area contributed by atoms with Crippen molar-refractivity contribution in [3.05, 3.63) is 66.7 Å². The Labute approximate surface area is 224 Å². The molecule has 0 radical (unpaired) electrons. The lowest BCUT2D eigenvalue weighted by molar-refractivity contribution is 0.229. The van der Waals surface area contributed by atoms with Crippen LogP contribution in [-0.2, 0) is 7.05 Å². The summed E-state index contributed by atoms with van der Waals surface area (Å²) in [5.41, 5.74) is 2.28. The largest absolute Gasteiger partial charge is 0.494 e. The molecule has 9 heteroatoms. The first-order chi connectivity index (χ1) is 18.6. The molecule has 0 aliphatic heterocycles. The molecule has 5 aromatic rings. The molecule has 1 aliphatic rings. The van der Waals surface area contributed by atoms with Gasteiger partial charge >= 0.3 is 0 Å². The summed E-state index contributed by atoms with van der Waals surface area (Å²) in [6.45, 7) is 0.183. The van der Waals surface area contributed by atoms with Crippen LogP contribution in [0.3, 0.4) is 0 Å². The lowest BCUT2D eigenvalue weighted by Crippen LogP contribution is -2.18. The van der Waals surface area contributed by atoms with Crippen LogP contribution >= 0.6 is 11.3 Å². The summed E-state index contributed by atoms with van der Waals surface area (Å²) in [7, 11) is 3.38. The van der Waals surface area contributed by atoms with E-state index in [-0.39, 0.29) is 24.3 Å². The van der Waals surface area contributed by atoms with Crippen LogP contribution in [0.4, 0.5) is 10.2 Å². The molecular weight excluding hydrogens is 501 g/mol. The molecule has 2 aromatic carbocycles. The number of hydrogen-bond acceptors (Lipinski definition) is 7. The van der Waals surface area contributed by atoms with Gasteiger partial charge in [-0.05, 0) is 36.8 Å². The molecule has 2 atom stereocenters. The Balaban J connectivity index is 1.63. The van der Waals surface area contributed by atoms with Crippen LogP contribution in [0, 0.1) is 11.7 Å². The van der Waals surface area contributed by atoms with Gasteiger partial charge in [0.05, 0.1) is 12.5 Å². The zero-order valence-electron chi connectivity index (χ0n) is 21.2. The van der Waals surface area contributed by atoms with Gasteiger partial charge in [-0.1, -0.05) is 42.5 Å². The van der Waals surface area contributed by atoms with Crippen LogP contribution in [0.25, 0.3) is 43.4 Å². The molecule has 3 heterocycles. The second-order valence-corrected chi connectivity index (χ2v) is 10.6. The molecule has 0 amide bonds. The molecule has 6 rings (SSSR count). The number of thiophene rings is 1. The summed E-state index contributed by atoms with van der Waals surface area (Å²) in [5, 5.41) is 14.2. The number of fused-ring (bicyclic) bond motifs is 1. The van der Waals surface area contributed by atoms with Crippen molar-refractivity contribution >= 4 is 27.4 Å². The van der Waals surface area contributed by atoms with Gasteiger partial charge in [0, 0.05) is 48.1 Å². The number of halogens is 1. The molecule has 0 spiro atoms. The van der Waals surface area contributed by atoms with E-state index in [0.29, 0.717) is 23.0 Å². The minimum absolute atomic E-state index is 0.167. The van der Waals surface area contributed by atoms with E-state index in [1.54, 1.807) is 24.4 Å². The Bertz CT molecular complexity index is 1600. The Morgan fingerprint density at radius 2 is 1.97 bits per heavy atom. The molecule has 0 unspecified atom stereocenters. The Morgan fingerprint density at radius 3 is 2.68 bits per heavy atom. The van der Waals surface area contributed by atoms with Gasteiger partial charge in [0.1, 0.15) is 10.6 Å². The van der Waals surface area contributed by atoms with Crippen LogP contribution in [0.2, 0.25) is 0 Å². The quantitative estimate of drug-likeness (QED) is 0.263. The van der Waals surface area contributed by atoms with Gasteiger partial charge in [-0.3, -0.25) is 0 Å². The number of nitrogens with zero attached hydrogens (tertiary/aromatic N) is 4. The number of hydrogen-bond donors (Lipinski definition) is 2. The number of rotatable bonds is 7. The Kier molecular flexibility index (Phi) is 6.55. The van der Waals surface area contributed by atoms with Crippen molar-refractivity contribution in [3.8, 4) is 39.0 Å². The minimum atomic E-state index is -0.410. The van der Waals surface area contributed by atoms with Crippen molar-refractivity contribution in [1.82, 2.24) is 19.5 Å². The van der Waals surface area contributed by atoms with E-state index < -0.39 is 5.82 Å². The molecule has 1 aliphatic carbocycles. The molecule has 0 saturated heterocycles. The third kappa shape index (κ3) is 4.31. The van der Waals surface area contributed by atoms with E-state index in [0.717, 1.165) is 45.5 Å². The average Bonchev–Trinajstić information content (AvgIpc) is 3.67. The number of ether oxygens (including phenoxy) is 1. The SMILES string of the molecule is COc1cccc(-c2sc3nc(-c4nccn4C)nc(N[C@@H]4CC[C@@H](CO)C4)c3c2-c2ccccc2)c1F. The predicted molar refractivity (Wildman–Crippen MR) is 149 cm³/mol. The van der Waals surface area contributed by atoms with Gasteiger partial charge in [0.15, 0.2) is 23.2 Å². The number of aromatic nitrogens is 4. The number of aryl methyl sites for hydroxylation is 1. The maximum Gasteiger partial charge on any atom is 0.199 e. The third-order valence-electron chi connectivity index (χ3n) is 7.20. The first-order valence-corrected chi connectivity index (χ1v) is 13.5. The smallest absolute Gasteiger partial charge is 0.199 e. The molecule has 0 bridgehead atoms. The summed E-state index contributed by atoms with van der Waals surface area (Å²) in [5.74, 6) is 1.91. The number of aliphatic hydroxyl groups is 1. The highest BCUT2D eigenvalue weighted by atomic mass is 32.1. The van der Waals surface area contributed by atoms with E-state index in [2.05, 4.69) is 10.3 Å². The minimum Gasteiger partial charge on any atom is -0.494 e. The van der Waals surface area contributed by atoms with Crippen LogP contribution in [0.5, 0.6) is 5.75 Å². The van der Waals surface area contributed by atoms with Gasteiger partial charge in [0.25, 0.3) is 0 Å². The van der Waals surface area contributed by atoms with Crippen molar-refractivity contribution in [2.75, 3.05) is 19.0 Å². The summed E-state index contributed by atoms with van der Waals surface area (Å²) < 4.78 is 22.8. The zero-order valence-corrected chi connectivity index (χ0v) is 22.0. The monoisotopic (exact) mass is 529 g/mol. The summed E-state index contributed by atoms with van der Waals surface area (Å²) in [4.78, 5) is 15.9. The lowest BCUT2D eigenvalue weighted by atomic mass is 9.99. The van der Waals surface area contributed by atoms with Gasteiger partial charge < -0.3 is 19.7 Å². The zero-order chi connectivity index (χ0) is 26.2. The van der Waals surface area contributed by atoms with Gasteiger partial charge in [-0.25, -0.2) is 19.3 Å². The van der Waals surface area contributed by atoms with Gasteiger partial charge in [-0.2, -0.15) is 0 Å². The molecule has 3 aromatic heterocycles. The van der Waals surface area contributed by atoms with Crippen LogP contribution < -0.4 is 10.1 Å². The Morgan fingerprint density at radius 1 is 1.13 bits per heavy atom. The fourth-order valence-electron chi connectivity index (χ4n) is 5.27. The fraction of sp³-hybridized carbons (Fsp3) is 0.276. The van der Waals surface area contributed by atoms with Crippen LogP contribution in [0.15, 0.2) is 60.9 Å². The molecule has 1 fully saturated rings. The number of benzene rings is 2. The van der Waals surface area contributed by atoms with Gasteiger partial charge in [-0.15, -0.1) is 11.3 Å². The number of imidazole rings is 1. The number of methoxy groups -OCH3 is 1. The van der Waals surface area contributed by atoms with Crippen LogP contribution in [0.1, 0.15) is 19.3 Å². The predicted octanol–water partition coefficient (Wildman–Crippen LogP) is 6.15. The fourth-order valence-corrected chi connectivity index (χ4v) is 6.48. The first-order valence-electron chi connectivity index (χ1n) is 12.6. The first kappa shape index (κ1) is 24.5. The third-order valence-corrected chi connectivity index (χ3v) is 8.32. The Hall–Kier alpha value is -3.82. The highest BCUT2D eigenvalue weighted by Gasteiger charge is 2.28. The number of anilines is 1. The van der Waals surface area contributed by atoms with E-state index in [9.17, 15) is 5.11 Å². The van der Waals surface area contributed by atoms with Gasteiger partial charge in [0.2, 0.25) is 0 Å². The van der Waals surface area contributed by atoms with Crippen molar-refractivity contribution in [1.29, 1.82) is 0 Å². The topological polar surface area (TPSA) is 85.1 Å². The lowest BCUT2D eigenvalue weighted by Gasteiger charge is -2.16. The van der Waals surface area contributed by atoms with E-state index in [4.69, 9.17) is 14.7 Å². The van der Waals surface area contributed by atoms with E-state index in [1.165, 1.54) is 18.4 Å². The average molecular weight is 530 g/mol. The summed E-state index contributed by atoms with van der Waals surface area (Å²) in [6.07, 6.45) is 6.35. The highest BCUT2D eigenvalue weighted by Crippen LogP contribution is 2.48. The van der Waals surface area contributed by atoms with Crippen LogP contribution in [-0.4, -0.2) is 44.4 Å². The van der Waals surface area contributed by atoms with Crippen molar-refractivity contribution in [3.63, 3.8) is 0 Å². The summed E-state index contributed by atoms with van der Waals surface area (Å²) in [6, 6.07) is 15.3. The number of nitrogens with one attached hydrogen (secondary N) is 1. The summed E-state index contributed by atoms with van der Waals surface area (Å²) >= 11 is 1.44. The maximum atomic E-state index is 15.6. The molecule has 7 nitrogen and oxygen atoms in total. The van der Waals surface area contributed by atoms with Crippen molar-refractivity contribution < 1.29 is 14.2 Å². The van der Waals surface area contributed by atoms with E-state index in [1.807, 2.05) is 48.1 Å². The molecule has 194 valence electrons. The standard InChI is InChI=1S/C29H28FN5O2S/c1-35-14-13-31-28(35)27-33-26(32-19-12-11-17(15-19)16-36)23-22(18-7-4-3-5-8-18)25(38-29(23)34-27)20-9-6-10-21(37-2)24(20)30/h3-10,13-14,17,19,36H,11-12,15-16H2,1-2H3,(H,32,33,34)/t17-,19-/m1/s1. The normalized spacial score (nSPS) is 17.3. The second kappa shape index (κ2) is 10.2. The highest BCUT2D eigenvalue weighted by molar-refractivity contribution is 7.22. The van der Waals surface area contributed by atoms with Crippen molar-refractivity contribution in [2.24, 2.45) is 13.0 Å². The maximum absolute atomic E-state index is 15.6. The molecule has 2 N–H and O–H groups in total. The molecular formula is C29H28FN5O2S. The molecule has 1 saturated carbocycles.